The maximum absolute atomic E-state index is 13.1. The molecule has 1 saturated carbocycles. The van der Waals surface area contributed by atoms with E-state index in [4.69, 9.17) is 30.4 Å². The van der Waals surface area contributed by atoms with Crippen LogP contribution in [0.3, 0.4) is 0 Å². The van der Waals surface area contributed by atoms with Crippen LogP contribution in [0.4, 0.5) is 0 Å². The minimum atomic E-state index is -1.44. The van der Waals surface area contributed by atoms with Gasteiger partial charge in [-0.25, -0.2) is 0 Å². The second-order valence-corrected chi connectivity index (χ2v) is 11.1. The fourth-order valence-electron chi connectivity index (χ4n) is 3.73. The van der Waals surface area contributed by atoms with Gasteiger partial charge in [-0.3, -0.25) is 9.78 Å². The van der Waals surface area contributed by atoms with Crippen molar-refractivity contribution < 1.29 is 18.6 Å². The van der Waals surface area contributed by atoms with Crippen molar-refractivity contribution in [1.29, 1.82) is 0 Å². The lowest BCUT2D eigenvalue weighted by Gasteiger charge is -2.28. The van der Waals surface area contributed by atoms with Gasteiger partial charge in [0.05, 0.1) is 18.9 Å². The Balaban J connectivity index is 1.88. The number of esters is 1. The van der Waals surface area contributed by atoms with Crippen LogP contribution in [-0.2, 0) is 30.4 Å². The molecule has 0 saturated heterocycles. The molecule has 1 aliphatic rings. The van der Waals surface area contributed by atoms with E-state index < -0.39 is 19.6 Å². The molecule has 1 aromatic carbocycles. The van der Waals surface area contributed by atoms with Crippen molar-refractivity contribution in [2.75, 3.05) is 13.2 Å². The molecule has 5 nitrogen and oxygen atoms in total. The number of benzene rings is 1. The number of halogens is 1. The standard InChI is InChI=1S/C25H33ClNO4P/c1-6-29-32(30-7-2)21(23(28)31-24(3,4)5)17-20-9-8-10-22(27-20)25(15-16-25)18-11-13-19(26)14-12-18/h8-14,21H,6-7,15-17H2,1-5H3. The van der Waals surface area contributed by atoms with E-state index >= 15 is 0 Å². The molecule has 1 heterocycles. The van der Waals surface area contributed by atoms with Crippen molar-refractivity contribution >= 4 is 25.9 Å². The largest absolute Gasteiger partial charge is 0.459 e. The summed E-state index contributed by atoms with van der Waals surface area (Å²) in [6.45, 7) is 10.4. The third-order valence-corrected chi connectivity index (χ3v) is 7.47. The van der Waals surface area contributed by atoms with E-state index in [-0.39, 0.29) is 11.4 Å². The van der Waals surface area contributed by atoms with Gasteiger partial charge in [-0.2, -0.15) is 0 Å². The highest BCUT2D eigenvalue weighted by atomic mass is 35.5. The van der Waals surface area contributed by atoms with Gasteiger partial charge in [0, 0.05) is 22.6 Å². The molecular formula is C25H33ClNO4P. The van der Waals surface area contributed by atoms with Crippen LogP contribution in [0.15, 0.2) is 42.5 Å². The SMILES string of the molecule is CCOP(OCC)C(Cc1cccc(C2(c3ccc(Cl)cc3)CC2)n1)C(=O)OC(C)(C)C. The topological polar surface area (TPSA) is 57.7 Å². The monoisotopic (exact) mass is 477 g/mol. The highest BCUT2D eigenvalue weighted by Gasteiger charge is 2.47. The molecule has 0 amide bonds. The van der Waals surface area contributed by atoms with E-state index in [1.54, 1.807) is 0 Å². The van der Waals surface area contributed by atoms with Crippen molar-refractivity contribution in [3.05, 3.63) is 64.4 Å². The molecule has 3 rings (SSSR count). The van der Waals surface area contributed by atoms with E-state index in [9.17, 15) is 4.79 Å². The minimum Gasteiger partial charge on any atom is -0.459 e. The molecule has 1 atom stereocenters. The maximum Gasteiger partial charge on any atom is 0.318 e. The summed E-state index contributed by atoms with van der Waals surface area (Å²) in [6.07, 6.45) is 2.50. The van der Waals surface area contributed by atoms with Gasteiger partial charge in [-0.05, 0) is 77.3 Å². The van der Waals surface area contributed by atoms with E-state index in [0.717, 1.165) is 29.3 Å². The summed E-state index contributed by atoms with van der Waals surface area (Å²) in [4.78, 5) is 18.1. The molecule has 0 radical (unpaired) electrons. The van der Waals surface area contributed by atoms with Gasteiger partial charge < -0.3 is 13.8 Å². The van der Waals surface area contributed by atoms with Crippen LogP contribution >= 0.6 is 20.0 Å². The first-order valence-corrected chi connectivity index (χ1v) is 12.8. The Morgan fingerprint density at radius 3 is 2.25 bits per heavy atom. The smallest absolute Gasteiger partial charge is 0.318 e. The van der Waals surface area contributed by atoms with Crippen molar-refractivity contribution in [2.24, 2.45) is 0 Å². The zero-order chi connectivity index (χ0) is 23.4. The molecule has 1 unspecified atom stereocenters. The summed E-state index contributed by atoms with van der Waals surface area (Å²) in [5.41, 5.74) is 1.88. The predicted molar refractivity (Wildman–Crippen MR) is 129 cm³/mol. The first-order valence-electron chi connectivity index (χ1n) is 11.2. The zero-order valence-electron chi connectivity index (χ0n) is 19.6. The molecule has 0 bridgehead atoms. The quantitative estimate of drug-likeness (QED) is 0.290. The number of pyridine rings is 1. The summed E-state index contributed by atoms with van der Waals surface area (Å²) in [6, 6.07) is 14.1. The van der Waals surface area contributed by atoms with Crippen LogP contribution in [0.5, 0.6) is 0 Å². The summed E-state index contributed by atoms with van der Waals surface area (Å²) in [7, 11) is -1.44. The van der Waals surface area contributed by atoms with Gasteiger partial charge in [-0.15, -0.1) is 0 Å². The molecule has 7 heteroatoms. The van der Waals surface area contributed by atoms with Crippen molar-refractivity contribution in [3.63, 3.8) is 0 Å². The number of carbonyl (C=O) groups excluding carboxylic acids is 1. The van der Waals surface area contributed by atoms with Crippen molar-refractivity contribution in [1.82, 2.24) is 4.98 Å². The summed E-state index contributed by atoms with van der Waals surface area (Å²) in [5.74, 6) is -0.309. The van der Waals surface area contributed by atoms with Crippen molar-refractivity contribution in [2.45, 2.75) is 70.6 Å². The van der Waals surface area contributed by atoms with Crippen molar-refractivity contribution in [3.8, 4) is 0 Å². The van der Waals surface area contributed by atoms with Crippen LogP contribution in [0, 0.1) is 0 Å². The second kappa shape index (κ2) is 10.6. The van der Waals surface area contributed by atoms with Crippen LogP contribution in [-0.4, -0.2) is 35.4 Å². The lowest BCUT2D eigenvalue weighted by atomic mass is 9.91. The molecule has 32 heavy (non-hydrogen) atoms. The zero-order valence-corrected chi connectivity index (χ0v) is 21.2. The molecule has 0 spiro atoms. The molecular weight excluding hydrogens is 445 g/mol. The van der Waals surface area contributed by atoms with E-state index in [0.29, 0.717) is 19.6 Å². The lowest BCUT2D eigenvalue weighted by molar-refractivity contribution is -0.154. The number of nitrogens with zero attached hydrogens (tertiary/aromatic N) is 1. The molecule has 1 fully saturated rings. The third-order valence-electron chi connectivity index (χ3n) is 5.29. The molecule has 1 aromatic heterocycles. The van der Waals surface area contributed by atoms with Gasteiger partial charge in [0.25, 0.3) is 0 Å². The minimum absolute atomic E-state index is 0.0768. The van der Waals surface area contributed by atoms with E-state index in [2.05, 4.69) is 18.2 Å². The Hall–Kier alpha value is -1.52. The Bertz CT molecular complexity index is 903. The van der Waals surface area contributed by atoms with Crippen LogP contribution in [0.25, 0.3) is 0 Å². The van der Waals surface area contributed by atoms with Gasteiger partial charge in [0.1, 0.15) is 11.3 Å². The molecule has 1 aliphatic carbocycles. The predicted octanol–water partition coefficient (Wildman–Crippen LogP) is 6.45. The Labute approximate surface area is 197 Å². The van der Waals surface area contributed by atoms with Gasteiger partial charge in [0.15, 0.2) is 8.38 Å². The fraction of sp³-hybridized carbons (Fsp3) is 0.520. The summed E-state index contributed by atoms with van der Waals surface area (Å²) < 4.78 is 17.4. The Morgan fingerprint density at radius 2 is 1.72 bits per heavy atom. The number of hydrogen-bond acceptors (Lipinski definition) is 5. The first kappa shape index (κ1) is 25.1. The Morgan fingerprint density at radius 1 is 1.09 bits per heavy atom. The number of hydrogen-bond donors (Lipinski definition) is 0. The summed E-state index contributed by atoms with van der Waals surface area (Å²) >= 11 is 6.09. The normalized spacial score (nSPS) is 16.1. The molecule has 0 N–H and O–H groups in total. The van der Waals surface area contributed by atoms with Crippen LogP contribution in [0.2, 0.25) is 5.02 Å². The number of ether oxygens (including phenoxy) is 1. The van der Waals surface area contributed by atoms with E-state index in [1.165, 1.54) is 5.56 Å². The average Bonchev–Trinajstić information content (AvgIpc) is 3.53. The van der Waals surface area contributed by atoms with Gasteiger partial charge in [0.2, 0.25) is 0 Å². The molecule has 0 aliphatic heterocycles. The van der Waals surface area contributed by atoms with Crippen LogP contribution < -0.4 is 0 Å². The van der Waals surface area contributed by atoms with Gasteiger partial charge >= 0.3 is 5.97 Å². The van der Waals surface area contributed by atoms with E-state index in [1.807, 2.05) is 58.9 Å². The van der Waals surface area contributed by atoms with Gasteiger partial charge in [-0.1, -0.05) is 29.8 Å². The first-order chi connectivity index (χ1) is 15.2. The third kappa shape index (κ3) is 6.29. The Kier molecular flexibility index (Phi) is 8.32. The van der Waals surface area contributed by atoms with Crippen LogP contribution in [0.1, 0.15) is 64.4 Å². The number of rotatable bonds is 10. The maximum atomic E-state index is 13.1. The fourth-order valence-corrected chi connectivity index (χ4v) is 5.36. The number of carbonyl (C=O) groups is 1. The lowest BCUT2D eigenvalue weighted by Crippen LogP contribution is -2.33. The second-order valence-electron chi connectivity index (χ2n) is 8.98. The molecule has 174 valence electrons. The average molecular weight is 478 g/mol. The highest BCUT2D eigenvalue weighted by molar-refractivity contribution is 7.49. The summed E-state index contributed by atoms with van der Waals surface area (Å²) in [5, 5.41) is 0.728. The highest BCUT2D eigenvalue weighted by Crippen LogP contribution is 2.53. The molecule has 2 aromatic rings. The number of aromatic nitrogens is 1.